The molecule has 0 radical (unpaired) electrons. The van der Waals surface area contributed by atoms with Crippen LogP contribution < -0.4 is 5.32 Å². The van der Waals surface area contributed by atoms with E-state index in [0.29, 0.717) is 0 Å². The highest BCUT2D eigenvalue weighted by Gasteiger charge is 2.12. The van der Waals surface area contributed by atoms with Crippen LogP contribution in [0, 0.1) is 0 Å². The van der Waals surface area contributed by atoms with Crippen molar-refractivity contribution < 1.29 is 0 Å². The molecular formula is C13H14N4S. The van der Waals surface area contributed by atoms with Gasteiger partial charge in [0.1, 0.15) is 5.69 Å². The van der Waals surface area contributed by atoms with Crippen LogP contribution >= 0.6 is 11.3 Å². The number of anilines is 1. The van der Waals surface area contributed by atoms with E-state index in [1.54, 1.807) is 11.3 Å². The normalized spacial score (nSPS) is 11.0. The minimum absolute atomic E-state index is 0.884. The molecule has 3 rings (SSSR count). The average molecular weight is 258 g/mol. The first-order valence-electron chi connectivity index (χ1n) is 5.91. The van der Waals surface area contributed by atoms with Crippen molar-refractivity contribution in [3.8, 4) is 11.5 Å². The van der Waals surface area contributed by atoms with E-state index in [-0.39, 0.29) is 0 Å². The fourth-order valence-electron chi connectivity index (χ4n) is 1.98. The molecule has 3 aromatic rings. The van der Waals surface area contributed by atoms with Gasteiger partial charge in [0.05, 0.1) is 11.0 Å². The fourth-order valence-corrected chi connectivity index (χ4v) is 2.74. The van der Waals surface area contributed by atoms with Crippen LogP contribution in [0.3, 0.4) is 0 Å². The van der Waals surface area contributed by atoms with Crippen molar-refractivity contribution in [2.45, 2.75) is 6.92 Å². The van der Waals surface area contributed by atoms with E-state index in [4.69, 9.17) is 0 Å². The number of fused-ring (bicyclic) bond motifs is 1. The first kappa shape index (κ1) is 11.2. The van der Waals surface area contributed by atoms with Gasteiger partial charge < -0.3 is 9.88 Å². The van der Waals surface area contributed by atoms with E-state index < -0.39 is 0 Å². The van der Waals surface area contributed by atoms with Crippen molar-refractivity contribution in [2.75, 3.05) is 11.9 Å². The molecular weight excluding hydrogens is 244 g/mol. The fraction of sp³-hybridized carbons (Fsp3) is 0.231. The summed E-state index contributed by atoms with van der Waals surface area (Å²) in [6, 6.07) is 8.13. The molecule has 0 saturated carbocycles. The molecule has 0 aliphatic carbocycles. The lowest BCUT2D eigenvalue weighted by molar-refractivity contribution is 0.953. The van der Waals surface area contributed by atoms with E-state index in [2.05, 4.69) is 32.8 Å². The summed E-state index contributed by atoms with van der Waals surface area (Å²) in [7, 11) is 2.02. The Balaban J connectivity index is 2.10. The first-order chi connectivity index (χ1) is 8.79. The van der Waals surface area contributed by atoms with E-state index in [1.165, 1.54) is 0 Å². The molecule has 0 saturated heterocycles. The Bertz CT molecular complexity index is 683. The summed E-state index contributed by atoms with van der Waals surface area (Å²) >= 11 is 1.61. The van der Waals surface area contributed by atoms with Crippen molar-refractivity contribution in [3.63, 3.8) is 0 Å². The predicted octanol–water partition coefficient (Wildman–Crippen LogP) is 3.13. The molecule has 0 amide bonds. The Morgan fingerprint density at radius 3 is 2.89 bits per heavy atom. The van der Waals surface area contributed by atoms with Gasteiger partial charge >= 0.3 is 0 Å². The highest BCUT2D eigenvalue weighted by atomic mass is 32.1. The highest BCUT2D eigenvalue weighted by Crippen LogP contribution is 2.26. The summed E-state index contributed by atoms with van der Waals surface area (Å²) in [6.07, 6.45) is 0. The van der Waals surface area contributed by atoms with Crippen molar-refractivity contribution >= 4 is 27.5 Å². The smallest absolute Gasteiger partial charge is 0.183 e. The van der Waals surface area contributed by atoms with Crippen LogP contribution in [0.1, 0.15) is 6.92 Å². The van der Waals surface area contributed by atoms with Crippen LogP contribution in [0.15, 0.2) is 29.6 Å². The Morgan fingerprint density at radius 1 is 1.28 bits per heavy atom. The Morgan fingerprint density at radius 2 is 2.11 bits per heavy atom. The van der Waals surface area contributed by atoms with E-state index in [1.807, 2.05) is 30.6 Å². The van der Waals surface area contributed by atoms with Gasteiger partial charge in [-0.25, -0.2) is 9.97 Å². The molecule has 2 heterocycles. The highest BCUT2D eigenvalue weighted by molar-refractivity contribution is 7.14. The zero-order valence-electron chi connectivity index (χ0n) is 10.3. The first-order valence-corrected chi connectivity index (χ1v) is 6.79. The number of hydrogen-bond acceptors (Lipinski definition) is 4. The van der Waals surface area contributed by atoms with Gasteiger partial charge in [-0.3, -0.25) is 0 Å². The van der Waals surface area contributed by atoms with Gasteiger partial charge in [-0.05, 0) is 19.1 Å². The second-order valence-electron chi connectivity index (χ2n) is 4.05. The number of thiazole rings is 1. The third-order valence-electron chi connectivity index (χ3n) is 2.85. The summed E-state index contributed by atoms with van der Waals surface area (Å²) in [5.41, 5.74) is 3.06. The quantitative estimate of drug-likeness (QED) is 0.785. The lowest BCUT2D eigenvalue weighted by Crippen LogP contribution is -1.96. The number of nitrogens with one attached hydrogen (secondary N) is 1. The molecule has 92 valence electrons. The largest absolute Gasteiger partial charge is 0.362 e. The van der Waals surface area contributed by atoms with E-state index in [9.17, 15) is 0 Å². The summed E-state index contributed by atoms with van der Waals surface area (Å²) in [4.78, 5) is 9.19. The number of imidazole rings is 1. The Kier molecular flexibility index (Phi) is 2.76. The molecule has 0 aliphatic heterocycles. The van der Waals surface area contributed by atoms with Crippen molar-refractivity contribution in [3.05, 3.63) is 29.6 Å². The number of hydrogen-bond donors (Lipinski definition) is 1. The second-order valence-corrected chi connectivity index (χ2v) is 4.91. The number of para-hydroxylation sites is 2. The molecule has 0 atom stereocenters. The molecule has 0 bridgehead atoms. The summed E-state index contributed by atoms with van der Waals surface area (Å²) in [6.45, 7) is 2.95. The van der Waals surface area contributed by atoms with Crippen molar-refractivity contribution in [1.82, 2.24) is 14.5 Å². The van der Waals surface area contributed by atoms with Crippen LogP contribution in [-0.2, 0) is 7.05 Å². The lowest BCUT2D eigenvalue weighted by atomic mass is 10.3. The third kappa shape index (κ3) is 1.76. The predicted molar refractivity (Wildman–Crippen MR) is 76.0 cm³/mol. The maximum atomic E-state index is 4.64. The standard InChI is InChI=1S/C13H14N4S/c1-3-14-13-16-10(8-18-13)12-15-9-6-4-5-7-11(9)17(12)2/h4-8H,3H2,1-2H3,(H,14,16). The Hall–Kier alpha value is -1.88. The molecule has 4 nitrogen and oxygen atoms in total. The summed E-state index contributed by atoms with van der Waals surface area (Å²) in [5.74, 6) is 0.914. The molecule has 2 aromatic heterocycles. The zero-order valence-corrected chi connectivity index (χ0v) is 11.2. The monoisotopic (exact) mass is 258 g/mol. The number of benzene rings is 1. The molecule has 0 spiro atoms. The van der Waals surface area contributed by atoms with Gasteiger partial charge in [-0.1, -0.05) is 12.1 Å². The maximum Gasteiger partial charge on any atom is 0.183 e. The lowest BCUT2D eigenvalue weighted by Gasteiger charge is -1.98. The number of aryl methyl sites for hydroxylation is 1. The van der Waals surface area contributed by atoms with Crippen molar-refractivity contribution in [2.24, 2.45) is 7.05 Å². The van der Waals surface area contributed by atoms with Gasteiger partial charge in [0.2, 0.25) is 0 Å². The molecule has 0 fully saturated rings. The number of aromatic nitrogens is 3. The molecule has 0 unspecified atom stereocenters. The number of nitrogens with zero attached hydrogens (tertiary/aromatic N) is 3. The SMILES string of the molecule is CCNc1nc(-c2nc3ccccc3n2C)cs1. The van der Waals surface area contributed by atoms with Crippen LogP contribution in [0.25, 0.3) is 22.6 Å². The molecule has 0 aliphatic rings. The van der Waals surface area contributed by atoms with Crippen LogP contribution in [0.5, 0.6) is 0 Å². The van der Waals surface area contributed by atoms with Gasteiger partial charge in [-0.15, -0.1) is 11.3 Å². The summed E-state index contributed by atoms with van der Waals surface area (Å²) < 4.78 is 2.08. The van der Waals surface area contributed by atoms with Gasteiger partial charge in [0.15, 0.2) is 11.0 Å². The van der Waals surface area contributed by atoms with Gasteiger partial charge in [0, 0.05) is 19.0 Å². The minimum atomic E-state index is 0.884. The van der Waals surface area contributed by atoms with Crippen LogP contribution in [0.4, 0.5) is 5.13 Å². The molecule has 1 N–H and O–H groups in total. The van der Waals surface area contributed by atoms with Crippen LogP contribution in [-0.4, -0.2) is 21.1 Å². The summed E-state index contributed by atoms with van der Waals surface area (Å²) in [5, 5.41) is 6.21. The topological polar surface area (TPSA) is 42.7 Å². The molecule has 5 heteroatoms. The minimum Gasteiger partial charge on any atom is -0.362 e. The van der Waals surface area contributed by atoms with Gasteiger partial charge in [-0.2, -0.15) is 0 Å². The molecule has 1 aromatic carbocycles. The maximum absolute atomic E-state index is 4.64. The third-order valence-corrected chi connectivity index (χ3v) is 3.65. The average Bonchev–Trinajstić information content (AvgIpc) is 2.96. The second kappa shape index (κ2) is 4.42. The van der Waals surface area contributed by atoms with Gasteiger partial charge in [0.25, 0.3) is 0 Å². The Labute approximate surface area is 109 Å². The van der Waals surface area contributed by atoms with E-state index >= 15 is 0 Å². The van der Waals surface area contributed by atoms with Crippen LogP contribution in [0.2, 0.25) is 0 Å². The molecule has 18 heavy (non-hydrogen) atoms. The van der Waals surface area contributed by atoms with Crippen molar-refractivity contribution in [1.29, 1.82) is 0 Å². The van der Waals surface area contributed by atoms with E-state index in [0.717, 1.165) is 34.2 Å². The zero-order chi connectivity index (χ0) is 12.5. The number of rotatable bonds is 3.